The minimum absolute atomic E-state index is 0.116. The number of nitrogens with one attached hydrogen (secondary N) is 2. The molecule has 2 amide bonds. The van der Waals surface area contributed by atoms with Gasteiger partial charge in [0.15, 0.2) is 5.82 Å². The van der Waals surface area contributed by atoms with Crippen molar-refractivity contribution < 1.29 is 14.1 Å². The smallest absolute Gasteiger partial charge is 0.315 e. The van der Waals surface area contributed by atoms with Crippen LogP contribution in [0.2, 0.25) is 0 Å². The fraction of sp³-hybridized carbons (Fsp3) is 0.471. The molecule has 1 aromatic carbocycles. The maximum atomic E-state index is 11.8. The number of para-hydroxylation sites is 1. The zero-order chi connectivity index (χ0) is 17.5. The van der Waals surface area contributed by atoms with Crippen LogP contribution in [0.1, 0.15) is 29.8 Å². The molecule has 0 spiro atoms. The molecule has 1 aromatic heterocycles. The molecule has 130 valence electrons. The summed E-state index contributed by atoms with van der Waals surface area (Å²) in [5, 5.41) is 9.30. The molecule has 24 heavy (non-hydrogen) atoms. The van der Waals surface area contributed by atoms with Crippen LogP contribution >= 0.6 is 0 Å². The first kappa shape index (κ1) is 17.8. The van der Waals surface area contributed by atoms with Crippen molar-refractivity contribution in [3.05, 3.63) is 41.0 Å². The number of nitrogens with zero attached hydrogens (tertiary/aromatic N) is 2. The Balaban J connectivity index is 1.69. The van der Waals surface area contributed by atoms with Gasteiger partial charge >= 0.3 is 6.03 Å². The van der Waals surface area contributed by atoms with Gasteiger partial charge in [0.05, 0.1) is 6.04 Å². The van der Waals surface area contributed by atoms with E-state index in [9.17, 15) is 4.79 Å². The van der Waals surface area contributed by atoms with Crippen molar-refractivity contribution in [1.82, 2.24) is 20.8 Å². The summed E-state index contributed by atoms with van der Waals surface area (Å²) < 4.78 is 10.8. The SMILES string of the molecule is Cc1noc(CCNC(=O)NC(C)COc2c(C)cccc2C)n1. The Kier molecular flexibility index (Phi) is 6.17. The molecule has 1 heterocycles. The van der Waals surface area contributed by atoms with E-state index >= 15 is 0 Å². The number of carbonyl (C=O) groups is 1. The average Bonchev–Trinajstić information content (AvgIpc) is 2.92. The van der Waals surface area contributed by atoms with Gasteiger partial charge in [-0.15, -0.1) is 0 Å². The lowest BCUT2D eigenvalue weighted by Gasteiger charge is -2.17. The van der Waals surface area contributed by atoms with E-state index in [2.05, 4.69) is 20.8 Å². The molecular weight excluding hydrogens is 308 g/mol. The fourth-order valence-electron chi connectivity index (χ4n) is 2.28. The number of urea groups is 1. The van der Waals surface area contributed by atoms with Gasteiger partial charge in [-0.2, -0.15) is 4.98 Å². The van der Waals surface area contributed by atoms with Gasteiger partial charge in [0, 0.05) is 13.0 Å². The lowest BCUT2D eigenvalue weighted by molar-refractivity contribution is 0.226. The van der Waals surface area contributed by atoms with Crippen LogP contribution in [0.5, 0.6) is 5.75 Å². The standard InChI is InChI=1S/C17H24N4O3/c1-11-6-5-7-12(2)16(11)23-10-13(3)19-17(22)18-9-8-15-20-14(4)21-24-15/h5-7,13H,8-10H2,1-4H3,(H2,18,19,22). The minimum atomic E-state index is -0.246. The van der Waals surface area contributed by atoms with E-state index in [1.165, 1.54) is 0 Å². The van der Waals surface area contributed by atoms with Gasteiger partial charge in [-0.25, -0.2) is 4.79 Å². The Morgan fingerprint density at radius 2 is 2.00 bits per heavy atom. The third-order valence-electron chi connectivity index (χ3n) is 3.46. The second-order valence-corrected chi connectivity index (χ2v) is 5.82. The maximum absolute atomic E-state index is 11.8. The molecule has 0 aliphatic heterocycles. The van der Waals surface area contributed by atoms with Gasteiger partial charge in [-0.1, -0.05) is 23.4 Å². The molecule has 0 aliphatic rings. The summed E-state index contributed by atoms with van der Waals surface area (Å²) in [5.74, 6) is 1.98. The van der Waals surface area contributed by atoms with Crippen molar-refractivity contribution in [2.24, 2.45) is 0 Å². The minimum Gasteiger partial charge on any atom is -0.491 e. The number of aryl methyl sites for hydroxylation is 3. The van der Waals surface area contributed by atoms with Gasteiger partial charge in [0.25, 0.3) is 0 Å². The van der Waals surface area contributed by atoms with Crippen LogP contribution in [0.25, 0.3) is 0 Å². The number of hydrogen-bond donors (Lipinski definition) is 2. The highest BCUT2D eigenvalue weighted by molar-refractivity contribution is 5.74. The number of hydrogen-bond acceptors (Lipinski definition) is 5. The van der Waals surface area contributed by atoms with E-state index in [1.807, 2.05) is 39.0 Å². The van der Waals surface area contributed by atoms with Crippen LogP contribution in [0.3, 0.4) is 0 Å². The average molecular weight is 332 g/mol. The molecule has 7 nitrogen and oxygen atoms in total. The Morgan fingerprint density at radius 3 is 2.62 bits per heavy atom. The molecule has 0 fully saturated rings. The predicted molar refractivity (Wildman–Crippen MR) is 90.1 cm³/mol. The predicted octanol–water partition coefficient (Wildman–Crippen LogP) is 2.30. The van der Waals surface area contributed by atoms with E-state index in [0.29, 0.717) is 31.3 Å². The Morgan fingerprint density at radius 1 is 1.29 bits per heavy atom. The summed E-state index contributed by atoms with van der Waals surface area (Å²) in [6.07, 6.45) is 0.502. The highest BCUT2D eigenvalue weighted by Crippen LogP contribution is 2.22. The molecule has 2 N–H and O–H groups in total. The van der Waals surface area contributed by atoms with E-state index in [1.54, 1.807) is 6.92 Å². The first-order valence-electron chi connectivity index (χ1n) is 7.98. The topological polar surface area (TPSA) is 89.3 Å². The summed E-state index contributed by atoms with van der Waals surface area (Å²) in [6, 6.07) is 5.65. The monoisotopic (exact) mass is 332 g/mol. The lowest BCUT2D eigenvalue weighted by atomic mass is 10.1. The highest BCUT2D eigenvalue weighted by atomic mass is 16.5. The lowest BCUT2D eigenvalue weighted by Crippen LogP contribution is -2.43. The van der Waals surface area contributed by atoms with E-state index < -0.39 is 0 Å². The van der Waals surface area contributed by atoms with Crippen LogP contribution in [0.15, 0.2) is 22.7 Å². The third kappa shape index (κ3) is 5.26. The summed E-state index contributed by atoms with van der Waals surface area (Å²) in [4.78, 5) is 15.9. The van der Waals surface area contributed by atoms with Crippen LogP contribution in [0.4, 0.5) is 4.79 Å². The number of benzene rings is 1. The number of ether oxygens (including phenoxy) is 1. The van der Waals surface area contributed by atoms with Crippen molar-refractivity contribution in [1.29, 1.82) is 0 Å². The molecule has 7 heteroatoms. The van der Waals surface area contributed by atoms with E-state index in [4.69, 9.17) is 9.26 Å². The van der Waals surface area contributed by atoms with E-state index in [0.717, 1.165) is 16.9 Å². The van der Waals surface area contributed by atoms with Gasteiger partial charge < -0.3 is 19.9 Å². The summed E-state index contributed by atoms with van der Waals surface area (Å²) in [7, 11) is 0. The Hall–Kier alpha value is -2.57. The normalized spacial score (nSPS) is 11.8. The second kappa shape index (κ2) is 8.33. The van der Waals surface area contributed by atoms with Crippen LogP contribution in [0, 0.1) is 20.8 Å². The third-order valence-corrected chi connectivity index (χ3v) is 3.46. The quantitative estimate of drug-likeness (QED) is 0.812. The summed E-state index contributed by atoms with van der Waals surface area (Å²) >= 11 is 0. The van der Waals surface area contributed by atoms with Crippen molar-refractivity contribution in [3.8, 4) is 5.75 Å². The first-order chi connectivity index (χ1) is 11.5. The summed E-state index contributed by atoms with van der Waals surface area (Å²) in [5.41, 5.74) is 2.17. The van der Waals surface area contributed by atoms with Gasteiger partial charge in [0.2, 0.25) is 5.89 Å². The van der Waals surface area contributed by atoms with Crippen molar-refractivity contribution >= 4 is 6.03 Å². The first-order valence-corrected chi connectivity index (χ1v) is 7.98. The van der Waals surface area contributed by atoms with Crippen LogP contribution in [-0.4, -0.2) is 35.4 Å². The maximum Gasteiger partial charge on any atom is 0.315 e. The van der Waals surface area contributed by atoms with Crippen molar-refractivity contribution in [2.75, 3.05) is 13.2 Å². The zero-order valence-corrected chi connectivity index (χ0v) is 14.5. The highest BCUT2D eigenvalue weighted by Gasteiger charge is 2.10. The Bertz CT molecular complexity index is 664. The molecule has 0 bridgehead atoms. The van der Waals surface area contributed by atoms with Gasteiger partial charge in [-0.3, -0.25) is 0 Å². The number of rotatable bonds is 7. The number of aromatic nitrogens is 2. The molecule has 2 aromatic rings. The Labute approximate surface area is 141 Å². The molecule has 1 atom stereocenters. The molecule has 2 rings (SSSR count). The van der Waals surface area contributed by atoms with Gasteiger partial charge in [-0.05, 0) is 38.8 Å². The van der Waals surface area contributed by atoms with E-state index in [-0.39, 0.29) is 12.1 Å². The number of amides is 2. The molecule has 0 radical (unpaired) electrons. The molecule has 0 aliphatic carbocycles. The molecule has 0 saturated carbocycles. The van der Waals surface area contributed by atoms with Crippen LogP contribution < -0.4 is 15.4 Å². The zero-order valence-electron chi connectivity index (χ0n) is 14.5. The van der Waals surface area contributed by atoms with Crippen molar-refractivity contribution in [2.45, 2.75) is 40.2 Å². The largest absolute Gasteiger partial charge is 0.491 e. The molecule has 0 saturated heterocycles. The van der Waals surface area contributed by atoms with Gasteiger partial charge in [0.1, 0.15) is 12.4 Å². The molecule has 1 unspecified atom stereocenters. The second-order valence-electron chi connectivity index (χ2n) is 5.82. The van der Waals surface area contributed by atoms with Crippen LogP contribution in [-0.2, 0) is 6.42 Å². The summed E-state index contributed by atoms with van der Waals surface area (Å²) in [6.45, 7) is 8.50. The van der Waals surface area contributed by atoms with Crippen molar-refractivity contribution in [3.63, 3.8) is 0 Å². The molecular formula is C17H24N4O3. The number of carbonyl (C=O) groups excluding carboxylic acids is 1. The fourth-order valence-corrected chi connectivity index (χ4v) is 2.28.